The number of rotatable bonds is 2. The van der Waals surface area contributed by atoms with Gasteiger partial charge in [0.1, 0.15) is 6.10 Å². The average Bonchev–Trinajstić information content (AvgIpc) is 3.09. The summed E-state index contributed by atoms with van der Waals surface area (Å²) in [5.74, 6) is 0.0412. The lowest BCUT2D eigenvalue weighted by Crippen LogP contribution is -2.10. The topological polar surface area (TPSA) is 50.9 Å². The average molecular weight is 279 g/mol. The Bertz CT molecular complexity index is 809. The molecule has 3 aromatic rings. The van der Waals surface area contributed by atoms with Gasteiger partial charge in [-0.25, -0.2) is 0 Å². The maximum absolute atomic E-state index is 10.9. The van der Waals surface area contributed by atoms with Crippen molar-refractivity contribution in [2.45, 2.75) is 24.9 Å². The van der Waals surface area contributed by atoms with Crippen LogP contribution in [0.4, 0.5) is 0 Å². The number of pyridine rings is 1. The van der Waals surface area contributed by atoms with Gasteiger partial charge in [-0.3, -0.25) is 9.67 Å². The molecule has 2 atom stereocenters. The maximum Gasteiger partial charge on any atom is 0.107 e. The van der Waals surface area contributed by atoms with Crippen molar-refractivity contribution in [3.05, 3.63) is 59.5 Å². The molecule has 4 heteroatoms. The lowest BCUT2D eigenvalue weighted by atomic mass is 9.95. The zero-order valence-corrected chi connectivity index (χ0v) is 11.9. The molecule has 0 saturated heterocycles. The number of benzene rings is 1. The van der Waals surface area contributed by atoms with Crippen LogP contribution in [0.5, 0.6) is 0 Å². The minimum absolute atomic E-state index is 0.0412. The van der Waals surface area contributed by atoms with E-state index in [1.165, 1.54) is 5.56 Å². The Morgan fingerprint density at radius 3 is 3.00 bits per heavy atom. The summed E-state index contributed by atoms with van der Waals surface area (Å²) in [7, 11) is 1.92. The fraction of sp³-hybridized carbons (Fsp3) is 0.294. The first-order valence-electron chi connectivity index (χ1n) is 7.29. The van der Waals surface area contributed by atoms with Gasteiger partial charge in [-0.15, -0.1) is 0 Å². The highest BCUT2D eigenvalue weighted by Crippen LogP contribution is 2.41. The molecule has 1 aliphatic rings. The quantitative estimate of drug-likeness (QED) is 0.784. The number of aliphatic hydroxyl groups excluding tert-OH is 1. The zero-order chi connectivity index (χ0) is 14.4. The van der Waals surface area contributed by atoms with Crippen LogP contribution in [-0.4, -0.2) is 19.9 Å². The first-order chi connectivity index (χ1) is 10.3. The Kier molecular flexibility index (Phi) is 2.79. The molecule has 2 heterocycles. The molecule has 0 aliphatic heterocycles. The van der Waals surface area contributed by atoms with Crippen LogP contribution in [0.25, 0.3) is 10.9 Å². The van der Waals surface area contributed by atoms with Gasteiger partial charge in [-0.1, -0.05) is 24.3 Å². The molecule has 0 amide bonds. The van der Waals surface area contributed by atoms with Gasteiger partial charge in [0, 0.05) is 30.2 Å². The van der Waals surface area contributed by atoms with Crippen LogP contribution < -0.4 is 0 Å². The Morgan fingerprint density at radius 2 is 2.10 bits per heavy atom. The van der Waals surface area contributed by atoms with E-state index in [2.05, 4.69) is 16.1 Å². The fourth-order valence-corrected chi connectivity index (χ4v) is 3.40. The lowest BCUT2D eigenvalue weighted by molar-refractivity contribution is 0.139. The predicted molar refractivity (Wildman–Crippen MR) is 81.0 cm³/mol. The summed E-state index contributed by atoms with van der Waals surface area (Å²) < 4.78 is 1.84. The highest BCUT2D eigenvalue weighted by molar-refractivity contribution is 5.82. The van der Waals surface area contributed by atoms with E-state index in [-0.39, 0.29) is 5.92 Å². The number of para-hydroxylation sites is 1. The molecule has 0 fully saturated rings. The van der Waals surface area contributed by atoms with Crippen molar-refractivity contribution in [1.82, 2.24) is 14.8 Å². The summed E-state index contributed by atoms with van der Waals surface area (Å²) in [6.45, 7) is 0. The fourth-order valence-electron chi connectivity index (χ4n) is 3.40. The van der Waals surface area contributed by atoms with E-state index < -0.39 is 6.10 Å². The lowest BCUT2D eigenvalue weighted by Gasteiger charge is -2.16. The van der Waals surface area contributed by atoms with Crippen molar-refractivity contribution in [3.63, 3.8) is 0 Å². The molecule has 1 aromatic carbocycles. The summed E-state index contributed by atoms with van der Waals surface area (Å²) in [6.07, 6.45) is 3.11. The molecule has 0 spiro atoms. The zero-order valence-electron chi connectivity index (χ0n) is 11.9. The molecule has 0 radical (unpaired) electrons. The highest BCUT2D eigenvalue weighted by Gasteiger charge is 2.33. The van der Waals surface area contributed by atoms with Crippen LogP contribution in [0.3, 0.4) is 0 Å². The summed E-state index contributed by atoms with van der Waals surface area (Å²) in [4.78, 5) is 4.48. The van der Waals surface area contributed by atoms with Gasteiger partial charge < -0.3 is 5.11 Å². The van der Waals surface area contributed by atoms with Crippen molar-refractivity contribution in [3.8, 4) is 0 Å². The minimum Gasteiger partial charge on any atom is -0.386 e. The molecule has 106 valence electrons. The third kappa shape index (κ3) is 1.87. The van der Waals surface area contributed by atoms with Gasteiger partial charge in [0.2, 0.25) is 0 Å². The molecule has 2 unspecified atom stereocenters. The molecule has 21 heavy (non-hydrogen) atoms. The Labute approximate surface area is 123 Å². The molecular weight excluding hydrogens is 262 g/mol. The Hall–Kier alpha value is -2.20. The maximum atomic E-state index is 10.9. The number of hydrogen-bond donors (Lipinski definition) is 1. The standard InChI is InChI=1S/C17H17N3O/c1-20-14-7-3-2-6-12(14)16(19-20)17(21)13-9-8-11-5-4-10-18-15(11)13/h2-7,10,13,17,21H,8-9H2,1H3. The van der Waals surface area contributed by atoms with Gasteiger partial charge >= 0.3 is 0 Å². The molecular formula is C17H17N3O. The number of aryl methyl sites for hydroxylation is 2. The minimum atomic E-state index is -0.604. The number of nitrogens with zero attached hydrogens (tertiary/aromatic N) is 3. The van der Waals surface area contributed by atoms with Gasteiger partial charge in [0.05, 0.1) is 11.2 Å². The van der Waals surface area contributed by atoms with E-state index in [0.717, 1.165) is 35.1 Å². The molecule has 0 saturated carbocycles. The van der Waals surface area contributed by atoms with Gasteiger partial charge in [-0.2, -0.15) is 5.10 Å². The van der Waals surface area contributed by atoms with E-state index >= 15 is 0 Å². The van der Waals surface area contributed by atoms with E-state index in [4.69, 9.17) is 0 Å². The van der Waals surface area contributed by atoms with Crippen LogP contribution in [0.2, 0.25) is 0 Å². The largest absolute Gasteiger partial charge is 0.386 e. The predicted octanol–water partition coefficient (Wildman–Crippen LogP) is 2.73. The van der Waals surface area contributed by atoms with E-state index in [0.29, 0.717) is 0 Å². The Morgan fingerprint density at radius 1 is 1.24 bits per heavy atom. The monoisotopic (exact) mass is 279 g/mol. The Balaban J connectivity index is 1.80. The molecule has 0 bridgehead atoms. The second-order valence-corrected chi connectivity index (χ2v) is 5.66. The number of fused-ring (bicyclic) bond motifs is 2. The second kappa shape index (κ2) is 4.67. The smallest absolute Gasteiger partial charge is 0.107 e. The van der Waals surface area contributed by atoms with Crippen molar-refractivity contribution < 1.29 is 5.11 Å². The van der Waals surface area contributed by atoms with E-state index in [1.807, 2.05) is 42.1 Å². The number of hydrogen-bond acceptors (Lipinski definition) is 3. The SMILES string of the molecule is Cn1nc(C(O)C2CCc3cccnc32)c2ccccc21. The van der Waals surface area contributed by atoms with Crippen LogP contribution in [0.1, 0.15) is 35.4 Å². The molecule has 1 N–H and O–H groups in total. The first-order valence-corrected chi connectivity index (χ1v) is 7.29. The molecule has 1 aliphatic carbocycles. The summed E-state index contributed by atoms with van der Waals surface area (Å²) in [5.41, 5.74) is 4.09. The van der Waals surface area contributed by atoms with Crippen molar-refractivity contribution in [1.29, 1.82) is 0 Å². The van der Waals surface area contributed by atoms with Crippen molar-refractivity contribution in [2.24, 2.45) is 7.05 Å². The van der Waals surface area contributed by atoms with Gasteiger partial charge in [0.15, 0.2) is 0 Å². The van der Waals surface area contributed by atoms with Crippen LogP contribution in [0.15, 0.2) is 42.6 Å². The summed E-state index contributed by atoms with van der Waals surface area (Å²) >= 11 is 0. The van der Waals surface area contributed by atoms with Crippen molar-refractivity contribution >= 4 is 10.9 Å². The molecule has 2 aromatic heterocycles. The van der Waals surface area contributed by atoms with Crippen LogP contribution >= 0.6 is 0 Å². The third-order valence-corrected chi connectivity index (χ3v) is 4.45. The van der Waals surface area contributed by atoms with Gasteiger partial charge in [-0.05, 0) is 30.5 Å². The van der Waals surface area contributed by atoms with Crippen LogP contribution in [0, 0.1) is 0 Å². The van der Waals surface area contributed by atoms with E-state index in [1.54, 1.807) is 6.20 Å². The number of aliphatic hydroxyl groups is 1. The van der Waals surface area contributed by atoms with Crippen LogP contribution in [-0.2, 0) is 13.5 Å². The molecule has 4 nitrogen and oxygen atoms in total. The highest BCUT2D eigenvalue weighted by atomic mass is 16.3. The normalized spacial score (nSPS) is 18.9. The summed E-state index contributed by atoms with van der Waals surface area (Å²) in [5, 5.41) is 16.4. The number of aromatic nitrogens is 3. The van der Waals surface area contributed by atoms with E-state index in [9.17, 15) is 5.11 Å². The summed E-state index contributed by atoms with van der Waals surface area (Å²) in [6, 6.07) is 12.1. The first kappa shape index (κ1) is 12.5. The van der Waals surface area contributed by atoms with Gasteiger partial charge in [0.25, 0.3) is 0 Å². The second-order valence-electron chi connectivity index (χ2n) is 5.66. The molecule has 4 rings (SSSR count). The van der Waals surface area contributed by atoms with Crippen molar-refractivity contribution in [2.75, 3.05) is 0 Å². The third-order valence-electron chi connectivity index (χ3n) is 4.45.